The van der Waals surface area contributed by atoms with Crippen LogP contribution in [0.1, 0.15) is 29.3 Å². The minimum atomic E-state index is -1.47. The van der Waals surface area contributed by atoms with E-state index >= 15 is 0 Å². The van der Waals surface area contributed by atoms with E-state index in [1.165, 1.54) is 23.8 Å². The highest BCUT2D eigenvalue weighted by molar-refractivity contribution is 6.33. The number of carbonyl (C=O) groups is 1. The Balaban J connectivity index is 1.97. The van der Waals surface area contributed by atoms with E-state index in [4.69, 9.17) is 16.7 Å². The fraction of sp³-hybridized carbons (Fsp3) is 0.136. The molecular weight excluding hydrogens is 370 g/mol. The van der Waals surface area contributed by atoms with Gasteiger partial charge in [-0.25, -0.2) is 13.6 Å². The van der Waals surface area contributed by atoms with E-state index in [2.05, 4.69) is 6.92 Å². The highest BCUT2D eigenvalue weighted by Crippen LogP contribution is 2.32. The van der Waals surface area contributed by atoms with Crippen LogP contribution in [0.25, 0.3) is 22.3 Å². The third-order valence-corrected chi connectivity index (χ3v) is 4.66. The molecule has 0 unspecified atom stereocenters. The maximum atomic E-state index is 14.7. The van der Waals surface area contributed by atoms with Gasteiger partial charge in [-0.3, -0.25) is 0 Å². The average molecular weight is 387 g/mol. The van der Waals surface area contributed by atoms with Crippen molar-refractivity contribution in [1.29, 1.82) is 0 Å². The van der Waals surface area contributed by atoms with Gasteiger partial charge in [0.1, 0.15) is 17.2 Å². The fourth-order valence-electron chi connectivity index (χ4n) is 3.01. The van der Waals surface area contributed by atoms with E-state index in [9.17, 15) is 13.6 Å². The van der Waals surface area contributed by atoms with Crippen LogP contribution in [0.4, 0.5) is 8.78 Å². The van der Waals surface area contributed by atoms with Gasteiger partial charge < -0.3 is 5.11 Å². The summed E-state index contributed by atoms with van der Waals surface area (Å²) in [6.45, 7) is 2.11. The largest absolute Gasteiger partial charge is 0.478 e. The van der Waals surface area contributed by atoms with Crippen molar-refractivity contribution in [2.24, 2.45) is 0 Å². The molecule has 0 amide bonds. The van der Waals surface area contributed by atoms with Crippen LogP contribution in [0.15, 0.2) is 54.6 Å². The Labute approximate surface area is 161 Å². The van der Waals surface area contributed by atoms with Crippen LogP contribution in [0.2, 0.25) is 5.02 Å². The molecule has 27 heavy (non-hydrogen) atoms. The Morgan fingerprint density at radius 3 is 2.11 bits per heavy atom. The van der Waals surface area contributed by atoms with E-state index in [1.807, 2.05) is 24.3 Å². The quantitative estimate of drug-likeness (QED) is 0.536. The lowest BCUT2D eigenvalue weighted by Gasteiger charge is -2.10. The second-order valence-electron chi connectivity index (χ2n) is 6.26. The van der Waals surface area contributed by atoms with Gasteiger partial charge in [0.05, 0.1) is 5.02 Å². The number of hydrogen-bond donors (Lipinski definition) is 1. The summed E-state index contributed by atoms with van der Waals surface area (Å²) in [6, 6.07) is 14.8. The summed E-state index contributed by atoms with van der Waals surface area (Å²) in [5, 5.41) is 8.71. The topological polar surface area (TPSA) is 37.3 Å². The first kappa shape index (κ1) is 19.1. The summed E-state index contributed by atoms with van der Waals surface area (Å²) in [6.07, 6.45) is 2.05. The second-order valence-corrected chi connectivity index (χ2v) is 6.67. The number of rotatable bonds is 5. The predicted molar refractivity (Wildman–Crippen MR) is 103 cm³/mol. The van der Waals surface area contributed by atoms with Crippen LogP contribution in [0.3, 0.4) is 0 Å². The van der Waals surface area contributed by atoms with Crippen molar-refractivity contribution < 1.29 is 18.7 Å². The van der Waals surface area contributed by atoms with Gasteiger partial charge in [-0.2, -0.15) is 0 Å². The molecule has 3 aromatic rings. The van der Waals surface area contributed by atoms with Crippen molar-refractivity contribution in [3.8, 4) is 22.3 Å². The van der Waals surface area contributed by atoms with E-state index < -0.39 is 23.2 Å². The zero-order valence-electron chi connectivity index (χ0n) is 14.6. The zero-order chi connectivity index (χ0) is 19.6. The molecule has 0 aliphatic heterocycles. The van der Waals surface area contributed by atoms with Gasteiger partial charge in [0.2, 0.25) is 0 Å². The molecule has 0 spiro atoms. The van der Waals surface area contributed by atoms with Crippen LogP contribution < -0.4 is 0 Å². The molecule has 0 aliphatic rings. The zero-order valence-corrected chi connectivity index (χ0v) is 15.4. The third-order valence-electron chi connectivity index (χ3n) is 4.36. The lowest BCUT2D eigenvalue weighted by Crippen LogP contribution is -2.02. The Kier molecular flexibility index (Phi) is 5.57. The number of aromatic carboxylic acids is 1. The molecule has 1 N–H and O–H groups in total. The van der Waals surface area contributed by atoms with Crippen LogP contribution in [0, 0.1) is 11.6 Å². The van der Waals surface area contributed by atoms with E-state index in [0.717, 1.165) is 24.5 Å². The number of carboxylic acids is 1. The number of aryl methyl sites for hydroxylation is 1. The summed E-state index contributed by atoms with van der Waals surface area (Å²) in [4.78, 5) is 11.0. The number of carboxylic acid groups (broad SMARTS) is 1. The Bertz CT molecular complexity index is 975. The number of benzene rings is 3. The normalized spacial score (nSPS) is 10.8. The van der Waals surface area contributed by atoms with Gasteiger partial charge in [0, 0.05) is 5.56 Å². The first-order valence-corrected chi connectivity index (χ1v) is 8.90. The molecule has 0 saturated carbocycles. The second kappa shape index (κ2) is 7.89. The smallest absolute Gasteiger partial charge is 0.340 e. The lowest BCUT2D eigenvalue weighted by atomic mass is 9.97. The van der Waals surface area contributed by atoms with Crippen LogP contribution in [0.5, 0.6) is 0 Å². The summed E-state index contributed by atoms with van der Waals surface area (Å²) in [5.41, 5.74) is 2.52. The van der Waals surface area contributed by atoms with E-state index in [-0.39, 0.29) is 16.1 Å². The van der Waals surface area contributed by atoms with E-state index in [0.29, 0.717) is 5.56 Å². The van der Waals surface area contributed by atoms with Crippen molar-refractivity contribution in [2.75, 3.05) is 0 Å². The molecule has 0 aliphatic carbocycles. The number of hydrogen-bond acceptors (Lipinski definition) is 1. The molecule has 0 aromatic heterocycles. The summed E-state index contributed by atoms with van der Waals surface area (Å²) in [5.74, 6) is -3.00. The van der Waals surface area contributed by atoms with Gasteiger partial charge in [0.15, 0.2) is 0 Å². The monoisotopic (exact) mass is 386 g/mol. The van der Waals surface area contributed by atoms with Gasteiger partial charge in [-0.15, -0.1) is 0 Å². The van der Waals surface area contributed by atoms with Gasteiger partial charge in [-0.1, -0.05) is 61.3 Å². The molecule has 138 valence electrons. The van der Waals surface area contributed by atoms with Crippen molar-refractivity contribution >= 4 is 17.6 Å². The molecule has 0 atom stereocenters. The van der Waals surface area contributed by atoms with Crippen LogP contribution >= 0.6 is 11.6 Å². The molecule has 0 heterocycles. The maximum absolute atomic E-state index is 14.7. The predicted octanol–water partition coefficient (Wildman–Crippen LogP) is 6.60. The van der Waals surface area contributed by atoms with Gasteiger partial charge >= 0.3 is 5.97 Å². The molecule has 0 bridgehead atoms. The van der Waals surface area contributed by atoms with Gasteiger partial charge in [-0.05, 0) is 46.9 Å². The highest BCUT2D eigenvalue weighted by Gasteiger charge is 2.18. The minimum Gasteiger partial charge on any atom is -0.478 e. The SMILES string of the molecule is CCCc1ccc(-c2ccc(-c3cc(F)c(C(=O)O)c(Cl)c3)c(F)c2)cc1. The first-order valence-electron chi connectivity index (χ1n) is 8.52. The van der Waals surface area contributed by atoms with Crippen molar-refractivity contribution in [1.82, 2.24) is 0 Å². The van der Waals surface area contributed by atoms with Gasteiger partial charge in [0.25, 0.3) is 0 Å². The third kappa shape index (κ3) is 4.01. The highest BCUT2D eigenvalue weighted by atomic mass is 35.5. The summed E-state index contributed by atoms with van der Waals surface area (Å²) < 4.78 is 28.7. The Morgan fingerprint density at radius 2 is 1.56 bits per heavy atom. The van der Waals surface area contributed by atoms with E-state index in [1.54, 1.807) is 6.07 Å². The van der Waals surface area contributed by atoms with Crippen LogP contribution in [-0.4, -0.2) is 11.1 Å². The summed E-state index contributed by atoms with van der Waals surface area (Å²) in [7, 11) is 0. The molecule has 0 fully saturated rings. The summed E-state index contributed by atoms with van der Waals surface area (Å²) >= 11 is 5.86. The maximum Gasteiger partial charge on any atom is 0.340 e. The molecule has 0 saturated heterocycles. The van der Waals surface area contributed by atoms with Crippen molar-refractivity contribution in [3.05, 3.63) is 82.4 Å². The molecule has 2 nitrogen and oxygen atoms in total. The molecule has 3 rings (SSSR count). The standard InChI is InChI=1S/C22H17ClF2O2/c1-2-3-13-4-6-14(7-5-13)15-8-9-17(19(24)11-15)16-10-18(23)21(22(26)27)20(25)12-16/h4-12H,2-3H2,1H3,(H,26,27). The minimum absolute atomic E-state index is 0.152. The molecule has 5 heteroatoms. The average Bonchev–Trinajstić information content (AvgIpc) is 2.61. The molecule has 3 aromatic carbocycles. The Morgan fingerprint density at radius 1 is 0.926 bits per heavy atom. The Hall–Kier alpha value is -2.72. The molecule has 0 radical (unpaired) electrons. The first-order chi connectivity index (χ1) is 12.9. The van der Waals surface area contributed by atoms with Crippen molar-refractivity contribution in [2.45, 2.75) is 19.8 Å². The van der Waals surface area contributed by atoms with Crippen molar-refractivity contribution in [3.63, 3.8) is 0 Å². The lowest BCUT2D eigenvalue weighted by molar-refractivity contribution is 0.0692. The molecular formula is C22H17ClF2O2. The van der Waals surface area contributed by atoms with Crippen LogP contribution in [-0.2, 0) is 6.42 Å². The fourth-order valence-corrected chi connectivity index (χ4v) is 3.30. The number of halogens is 3.